The number of rotatable bonds is 4. The first-order valence-electron chi connectivity index (χ1n) is 6.08. The molecule has 0 aromatic heterocycles. The van der Waals surface area contributed by atoms with Gasteiger partial charge in [-0.15, -0.1) is 16.8 Å². The fourth-order valence-corrected chi connectivity index (χ4v) is 3.17. The quantitative estimate of drug-likeness (QED) is 0.778. The van der Waals surface area contributed by atoms with Gasteiger partial charge >= 0.3 is 0 Å². The average molecular weight is 333 g/mol. The molecular formula is C12H17ClN4O3S. The number of hydrogen-bond acceptors (Lipinski definition) is 5. The Kier molecular flexibility index (Phi) is 5.70. The van der Waals surface area contributed by atoms with E-state index in [-0.39, 0.29) is 35.6 Å². The van der Waals surface area contributed by atoms with Crippen molar-refractivity contribution in [3.05, 3.63) is 29.8 Å². The lowest BCUT2D eigenvalue weighted by Gasteiger charge is -2.18. The number of likely N-dealkylation sites (N-methyl/N-ethyl adjacent to an activating group) is 1. The van der Waals surface area contributed by atoms with Gasteiger partial charge in [-0.25, -0.2) is 0 Å². The molecule has 116 valence electrons. The number of benzene rings is 1. The molecule has 1 aliphatic rings. The third kappa shape index (κ3) is 3.72. The summed E-state index contributed by atoms with van der Waals surface area (Å²) in [5, 5.41) is 2.62. The number of nitrogens with two attached hydrogens (primary N) is 1. The number of amidine groups is 1. The molecule has 1 heterocycles. The molecule has 1 amide bonds. The van der Waals surface area contributed by atoms with Crippen molar-refractivity contribution >= 4 is 34.2 Å². The molecule has 0 aliphatic carbocycles. The fourth-order valence-electron chi connectivity index (χ4n) is 1.92. The number of amides is 1. The van der Waals surface area contributed by atoms with Gasteiger partial charge < -0.3 is 16.0 Å². The molecule has 2 rings (SSSR count). The highest BCUT2D eigenvalue weighted by atomic mass is 35.5. The molecule has 0 saturated heterocycles. The number of halogens is 1. The third-order valence-electron chi connectivity index (χ3n) is 2.82. The van der Waals surface area contributed by atoms with Crippen LogP contribution in [0.15, 0.2) is 33.6 Å². The van der Waals surface area contributed by atoms with Crippen LogP contribution in [0.3, 0.4) is 0 Å². The molecule has 0 atom stereocenters. The Hall–Kier alpha value is -1.64. The lowest BCUT2D eigenvalue weighted by atomic mass is 10.2. The average Bonchev–Trinajstić information content (AvgIpc) is 2.69. The van der Waals surface area contributed by atoms with Gasteiger partial charge in [-0.1, -0.05) is 12.1 Å². The zero-order valence-electron chi connectivity index (χ0n) is 11.4. The Morgan fingerprint density at radius 3 is 2.71 bits per heavy atom. The summed E-state index contributed by atoms with van der Waals surface area (Å²) in [7, 11) is -2.03. The predicted molar refractivity (Wildman–Crippen MR) is 82.1 cm³/mol. The van der Waals surface area contributed by atoms with Gasteiger partial charge in [0.05, 0.1) is 6.54 Å². The second-order valence-corrected chi connectivity index (χ2v) is 5.95. The maximum atomic E-state index is 11.9. The highest BCUT2D eigenvalue weighted by Gasteiger charge is 2.30. The summed E-state index contributed by atoms with van der Waals surface area (Å²) in [4.78, 5) is 13.3. The zero-order chi connectivity index (χ0) is 14.8. The number of nitrogens with zero attached hydrogens (tertiary/aromatic N) is 2. The zero-order valence-corrected chi connectivity index (χ0v) is 13.1. The monoisotopic (exact) mass is 332 g/mol. The summed E-state index contributed by atoms with van der Waals surface area (Å²) in [5.74, 6) is 0.0472. The van der Waals surface area contributed by atoms with E-state index >= 15 is 0 Å². The van der Waals surface area contributed by atoms with Crippen molar-refractivity contribution in [3.63, 3.8) is 0 Å². The van der Waals surface area contributed by atoms with Crippen LogP contribution in [0.5, 0.6) is 0 Å². The third-order valence-corrected chi connectivity index (χ3v) is 4.15. The molecular weight excluding hydrogens is 316 g/mol. The maximum Gasteiger partial charge on any atom is 0.285 e. The van der Waals surface area contributed by atoms with Gasteiger partial charge in [0.2, 0.25) is 5.91 Å². The van der Waals surface area contributed by atoms with Crippen LogP contribution in [-0.4, -0.2) is 51.7 Å². The van der Waals surface area contributed by atoms with E-state index in [1.165, 1.54) is 11.0 Å². The Morgan fingerprint density at radius 2 is 2.05 bits per heavy atom. The van der Waals surface area contributed by atoms with Crippen LogP contribution in [0.25, 0.3) is 0 Å². The fraction of sp³-hybridized carbons (Fsp3) is 0.333. The van der Waals surface area contributed by atoms with E-state index in [4.69, 9.17) is 5.73 Å². The van der Waals surface area contributed by atoms with Gasteiger partial charge in [-0.2, -0.15) is 8.42 Å². The minimum absolute atomic E-state index is 0. The van der Waals surface area contributed by atoms with E-state index in [0.29, 0.717) is 18.7 Å². The van der Waals surface area contributed by atoms with Gasteiger partial charge in [0.15, 0.2) is 5.84 Å². The Labute approximate surface area is 129 Å². The topological polar surface area (TPSA) is 105 Å². The van der Waals surface area contributed by atoms with E-state index in [0.717, 1.165) is 0 Å². The van der Waals surface area contributed by atoms with Gasteiger partial charge in [0.25, 0.3) is 10.0 Å². The van der Waals surface area contributed by atoms with Crippen LogP contribution in [-0.2, 0) is 14.8 Å². The Morgan fingerprint density at radius 1 is 1.38 bits per heavy atom. The van der Waals surface area contributed by atoms with Crippen LogP contribution in [0.2, 0.25) is 0 Å². The molecule has 3 N–H and O–H groups in total. The molecule has 1 aromatic rings. The first-order valence-corrected chi connectivity index (χ1v) is 7.52. The summed E-state index contributed by atoms with van der Waals surface area (Å²) in [5.41, 5.74) is 5.81. The molecule has 1 aliphatic heterocycles. The molecule has 21 heavy (non-hydrogen) atoms. The van der Waals surface area contributed by atoms with Crippen LogP contribution < -0.4 is 11.1 Å². The van der Waals surface area contributed by atoms with Crippen molar-refractivity contribution in [2.24, 2.45) is 10.1 Å². The van der Waals surface area contributed by atoms with Crippen LogP contribution in [0.1, 0.15) is 5.56 Å². The number of sulfonamides is 1. The van der Waals surface area contributed by atoms with Crippen LogP contribution in [0.4, 0.5) is 0 Å². The lowest BCUT2D eigenvalue weighted by Crippen LogP contribution is -2.39. The largest absolute Gasteiger partial charge is 0.353 e. The van der Waals surface area contributed by atoms with Crippen molar-refractivity contribution in [1.82, 2.24) is 10.2 Å². The number of nitrogens with one attached hydrogen (secondary N) is 1. The van der Waals surface area contributed by atoms with Crippen molar-refractivity contribution < 1.29 is 13.2 Å². The number of fused-ring (bicyclic) bond motifs is 1. The maximum absolute atomic E-state index is 11.9. The molecule has 0 bridgehead atoms. The normalized spacial score (nSPS) is 14.7. The molecule has 7 nitrogen and oxygen atoms in total. The van der Waals surface area contributed by atoms with Crippen molar-refractivity contribution in [3.8, 4) is 0 Å². The van der Waals surface area contributed by atoms with E-state index < -0.39 is 10.0 Å². The SMILES string of the molecule is CN(CC(=O)NCCN)C1=NS(=O)(=O)c2ccccc21.Cl. The molecule has 0 radical (unpaired) electrons. The minimum atomic E-state index is -3.66. The molecule has 0 saturated carbocycles. The van der Waals surface area contributed by atoms with Gasteiger partial charge in [0, 0.05) is 25.7 Å². The second-order valence-electron chi connectivity index (χ2n) is 4.38. The number of hydrogen-bond donors (Lipinski definition) is 2. The Bertz CT molecular complexity index is 660. The van der Waals surface area contributed by atoms with E-state index in [2.05, 4.69) is 9.71 Å². The standard InChI is InChI=1S/C12H16N4O3S.ClH/c1-16(8-11(17)14-7-6-13)12-9-4-2-3-5-10(9)20(18,19)15-12;/h2-5H,6-8,13H2,1H3,(H,14,17);1H. The number of carbonyl (C=O) groups excluding carboxylic acids is 1. The summed E-state index contributed by atoms with van der Waals surface area (Å²) in [6.45, 7) is 0.754. The first-order chi connectivity index (χ1) is 9.45. The van der Waals surface area contributed by atoms with E-state index in [1.807, 2.05) is 0 Å². The molecule has 0 unspecified atom stereocenters. The second kappa shape index (κ2) is 6.88. The first kappa shape index (κ1) is 17.4. The van der Waals surface area contributed by atoms with Gasteiger partial charge in [0.1, 0.15) is 4.90 Å². The van der Waals surface area contributed by atoms with Crippen molar-refractivity contribution in [2.45, 2.75) is 4.90 Å². The highest BCUT2D eigenvalue weighted by Crippen LogP contribution is 2.26. The smallest absolute Gasteiger partial charge is 0.285 e. The van der Waals surface area contributed by atoms with E-state index in [9.17, 15) is 13.2 Å². The molecule has 0 fully saturated rings. The summed E-state index contributed by atoms with van der Waals surface area (Å²) >= 11 is 0. The molecule has 9 heteroatoms. The molecule has 1 aromatic carbocycles. The van der Waals surface area contributed by atoms with Crippen molar-refractivity contribution in [1.29, 1.82) is 0 Å². The summed E-state index contributed by atoms with van der Waals surface area (Å²) in [6, 6.07) is 6.55. The summed E-state index contributed by atoms with van der Waals surface area (Å²) < 4.78 is 27.5. The predicted octanol–water partition coefficient (Wildman–Crippen LogP) is -0.436. The van der Waals surface area contributed by atoms with Crippen LogP contribution >= 0.6 is 12.4 Å². The Balaban J connectivity index is 0.00000220. The minimum Gasteiger partial charge on any atom is -0.353 e. The van der Waals surface area contributed by atoms with Gasteiger partial charge in [-0.3, -0.25) is 4.79 Å². The van der Waals surface area contributed by atoms with E-state index in [1.54, 1.807) is 25.2 Å². The van der Waals surface area contributed by atoms with Crippen molar-refractivity contribution in [2.75, 3.05) is 26.7 Å². The number of carbonyl (C=O) groups is 1. The highest BCUT2D eigenvalue weighted by molar-refractivity contribution is 7.90. The van der Waals surface area contributed by atoms with Crippen LogP contribution in [0, 0.1) is 0 Å². The summed E-state index contributed by atoms with van der Waals surface area (Å²) in [6.07, 6.45) is 0. The lowest BCUT2D eigenvalue weighted by molar-refractivity contribution is -0.121. The van der Waals surface area contributed by atoms with Gasteiger partial charge in [-0.05, 0) is 12.1 Å². The molecule has 0 spiro atoms.